The lowest BCUT2D eigenvalue weighted by molar-refractivity contribution is -0.384. The predicted octanol–water partition coefficient (Wildman–Crippen LogP) is 3.94. The van der Waals surface area contributed by atoms with Crippen LogP contribution in [0, 0.1) is 28.4 Å². The van der Waals surface area contributed by atoms with Crippen LogP contribution in [0.1, 0.15) is 16.6 Å². The van der Waals surface area contributed by atoms with E-state index in [0.29, 0.717) is 19.6 Å². The van der Waals surface area contributed by atoms with E-state index in [1.807, 2.05) is 13.0 Å². The number of nitriles is 1. The maximum absolute atomic E-state index is 12.3. The molecule has 2 heterocycles. The molecule has 0 bridgehead atoms. The number of non-ortho nitro benzene ring substituents is 1. The van der Waals surface area contributed by atoms with Crippen molar-refractivity contribution in [3.63, 3.8) is 0 Å². The summed E-state index contributed by atoms with van der Waals surface area (Å²) in [5, 5.41) is 22.4. The van der Waals surface area contributed by atoms with Crippen LogP contribution < -0.4 is 0 Å². The monoisotopic (exact) mass is 390 g/mol. The Kier molecular flexibility index (Phi) is 5.08. The number of benzene rings is 1. The highest BCUT2D eigenvalue weighted by Crippen LogP contribution is 2.32. The van der Waals surface area contributed by atoms with Gasteiger partial charge in [0.25, 0.3) is 5.69 Å². The molecule has 0 unspecified atom stereocenters. The molecule has 1 atom stereocenters. The Morgan fingerprint density at radius 3 is 2.92 bits per heavy atom. The first-order chi connectivity index (χ1) is 12.0. The fourth-order valence-electron chi connectivity index (χ4n) is 2.05. The highest BCUT2D eigenvalue weighted by molar-refractivity contribution is 8.01. The number of nitro groups is 1. The summed E-state index contributed by atoms with van der Waals surface area (Å²) in [7, 11) is 0. The molecule has 0 aliphatic heterocycles. The van der Waals surface area contributed by atoms with E-state index >= 15 is 0 Å². The van der Waals surface area contributed by atoms with Crippen molar-refractivity contribution in [2.24, 2.45) is 0 Å². The van der Waals surface area contributed by atoms with Crippen molar-refractivity contribution in [1.29, 1.82) is 5.26 Å². The van der Waals surface area contributed by atoms with E-state index in [9.17, 15) is 20.2 Å². The average Bonchev–Trinajstić information content (AvgIpc) is 3.18. The van der Waals surface area contributed by atoms with Crippen LogP contribution in [0.2, 0.25) is 0 Å². The van der Waals surface area contributed by atoms with Crippen molar-refractivity contribution in [2.45, 2.75) is 17.2 Å². The highest BCUT2D eigenvalue weighted by Gasteiger charge is 2.23. The number of hydrogen-bond acceptors (Lipinski definition) is 9. The third kappa shape index (κ3) is 3.84. The summed E-state index contributed by atoms with van der Waals surface area (Å²) in [6.07, 6.45) is 0. The number of aromatic nitrogens is 2. The Bertz CT molecular complexity index is 1010. The molecular formula is C15H10N4O3S3. The fraction of sp³-hybridized carbons (Fsp3) is 0.200. The number of thioether (sulfide) groups is 1. The zero-order valence-corrected chi connectivity index (χ0v) is 15.3. The van der Waals surface area contributed by atoms with Gasteiger partial charge in [-0.05, 0) is 13.0 Å². The molecule has 3 rings (SSSR count). The number of carbonyl (C=O) groups is 1. The Morgan fingerprint density at radius 1 is 1.48 bits per heavy atom. The van der Waals surface area contributed by atoms with Crippen molar-refractivity contribution in [2.75, 3.05) is 5.75 Å². The van der Waals surface area contributed by atoms with Gasteiger partial charge in [-0.25, -0.2) is 9.97 Å². The summed E-state index contributed by atoms with van der Waals surface area (Å²) in [6, 6.07) is 6.47. The van der Waals surface area contributed by atoms with E-state index in [4.69, 9.17) is 0 Å². The number of nitrogens with zero attached hydrogens (tertiary/aromatic N) is 4. The molecular weight excluding hydrogens is 380 g/mol. The quantitative estimate of drug-likeness (QED) is 0.356. The number of nitro benzene ring substituents is 1. The predicted molar refractivity (Wildman–Crippen MR) is 97.2 cm³/mol. The van der Waals surface area contributed by atoms with Gasteiger partial charge in [0.2, 0.25) is 0 Å². The standard InChI is InChI=1S/C15H10N4O3S3/c1-8-6-23-14(17-8)10(5-16)12(20)7-24-15-18-11-3-2-9(19(21)22)4-13(11)25-15/h2-4,6,10H,7H2,1H3/t10-/m1/s1. The van der Waals surface area contributed by atoms with Crippen molar-refractivity contribution < 1.29 is 9.72 Å². The van der Waals surface area contributed by atoms with Crippen LogP contribution in [0.15, 0.2) is 27.9 Å². The van der Waals surface area contributed by atoms with Gasteiger partial charge in [0.1, 0.15) is 5.01 Å². The van der Waals surface area contributed by atoms with Gasteiger partial charge in [0.05, 0.1) is 27.0 Å². The average molecular weight is 390 g/mol. The molecule has 1 aromatic carbocycles. The smallest absolute Gasteiger partial charge is 0.270 e. The van der Waals surface area contributed by atoms with Crippen LogP contribution in [0.25, 0.3) is 10.2 Å². The normalized spacial score (nSPS) is 12.0. The van der Waals surface area contributed by atoms with E-state index in [1.165, 1.54) is 46.6 Å². The molecule has 126 valence electrons. The molecule has 0 spiro atoms. The molecule has 3 aromatic rings. The minimum Gasteiger partial charge on any atom is -0.297 e. The minimum atomic E-state index is -0.873. The molecule has 0 saturated heterocycles. The number of thiazole rings is 2. The molecule has 10 heteroatoms. The Labute approximate surface area is 154 Å². The summed E-state index contributed by atoms with van der Waals surface area (Å²) in [6.45, 7) is 1.81. The van der Waals surface area contributed by atoms with Crippen LogP contribution in [-0.2, 0) is 4.79 Å². The molecule has 0 saturated carbocycles. The number of carbonyl (C=O) groups excluding carboxylic acids is 1. The Morgan fingerprint density at radius 2 is 2.28 bits per heavy atom. The van der Waals surface area contributed by atoms with Crippen molar-refractivity contribution >= 4 is 56.1 Å². The van der Waals surface area contributed by atoms with Crippen LogP contribution >= 0.6 is 34.4 Å². The second-order valence-corrected chi connectivity index (χ2v) is 8.18. The lowest BCUT2D eigenvalue weighted by atomic mass is 10.1. The lowest BCUT2D eigenvalue weighted by Gasteiger charge is -2.03. The SMILES string of the molecule is Cc1csc([C@H](C#N)C(=O)CSc2nc3ccc([N+](=O)[O-])cc3s2)n1. The van der Waals surface area contributed by atoms with E-state index in [2.05, 4.69) is 9.97 Å². The van der Waals surface area contributed by atoms with Gasteiger partial charge in [-0.15, -0.1) is 22.7 Å². The van der Waals surface area contributed by atoms with E-state index in [1.54, 1.807) is 11.4 Å². The summed E-state index contributed by atoms with van der Waals surface area (Å²) in [5.41, 5.74) is 1.44. The van der Waals surface area contributed by atoms with Gasteiger partial charge in [-0.1, -0.05) is 11.8 Å². The zero-order chi connectivity index (χ0) is 18.0. The third-order valence-electron chi connectivity index (χ3n) is 3.24. The third-order valence-corrected chi connectivity index (χ3v) is 6.45. The molecule has 25 heavy (non-hydrogen) atoms. The second kappa shape index (κ2) is 7.26. The summed E-state index contributed by atoms with van der Waals surface area (Å²) in [5.74, 6) is -1.01. The summed E-state index contributed by atoms with van der Waals surface area (Å²) >= 11 is 3.82. The van der Waals surface area contributed by atoms with Gasteiger partial charge >= 0.3 is 0 Å². The maximum atomic E-state index is 12.3. The van der Waals surface area contributed by atoms with Crippen LogP contribution in [0.4, 0.5) is 5.69 Å². The topological polar surface area (TPSA) is 110 Å². The van der Waals surface area contributed by atoms with Crippen molar-refractivity contribution in [1.82, 2.24) is 9.97 Å². The number of hydrogen-bond donors (Lipinski definition) is 0. The second-order valence-electron chi connectivity index (χ2n) is 5.03. The summed E-state index contributed by atoms with van der Waals surface area (Å²) in [4.78, 5) is 31.3. The van der Waals surface area contributed by atoms with Gasteiger partial charge in [0, 0.05) is 23.2 Å². The van der Waals surface area contributed by atoms with Crippen LogP contribution in [-0.4, -0.2) is 26.4 Å². The largest absolute Gasteiger partial charge is 0.297 e. The number of rotatable bonds is 6. The summed E-state index contributed by atoms with van der Waals surface area (Å²) < 4.78 is 1.33. The van der Waals surface area contributed by atoms with Gasteiger partial charge in [-0.2, -0.15) is 5.26 Å². The molecule has 7 nitrogen and oxygen atoms in total. The highest BCUT2D eigenvalue weighted by atomic mass is 32.2. The fourth-order valence-corrected chi connectivity index (χ4v) is 4.92. The van der Waals surface area contributed by atoms with Crippen LogP contribution in [0.5, 0.6) is 0 Å². The first-order valence-electron chi connectivity index (χ1n) is 7.00. The molecule has 0 N–H and O–H groups in total. The molecule has 0 radical (unpaired) electrons. The number of aryl methyl sites for hydroxylation is 1. The van der Waals surface area contributed by atoms with E-state index in [-0.39, 0.29) is 17.2 Å². The van der Waals surface area contributed by atoms with Crippen LogP contribution in [0.3, 0.4) is 0 Å². The first-order valence-corrected chi connectivity index (χ1v) is 9.68. The van der Waals surface area contributed by atoms with E-state index in [0.717, 1.165) is 5.69 Å². The van der Waals surface area contributed by atoms with E-state index < -0.39 is 10.8 Å². The van der Waals surface area contributed by atoms with Crippen molar-refractivity contribution in [3.05, 3.63) is 44.4 Å². The Balaban J connectivity index is 1.72. The van der Waals surface area contributed by atoms with Gasteiger partial charge in [-0.3, -0.25) is 14.9 Å². The number of Topliss-reactive ketones (excluding diaryl/α,β-unsaturated/α-hetero) is 1. The molecule has 2 aromatic heterocycles. The number of fused-ring (bicyclic) bond motifs is 1. The molecule has 0 aliphatic rings. The first kappa shape index (κ1) is 17.5. The van der Waals surface area contributed by atoms with Gasteiger partial charge in [0.15, 0.2) is 16.0 Å². The lowest BCUT2D eigenvalue weighted by Crippen LogP contribution is -2.13. The molecule has 0 fully saturated rings. The van der Waals surface area contributed by atoms with Crippen molar-refractivity contribution in [3.8, 4) is 6.07 Å². The van der Waals surface area contributed by atoms with Gasteiger partial charge < -0.3 is 0 Å². The maximum Gasteiger partial charge on any atom is 0.270 e. The Hall–Kier alpha value is -2.35. The molecule has 0 aliphatic carbocycles. The zero-order valence-electron chi connectivity index (χ0n) is 12.8. The number of ketones is 1. The molecule has 0 amide bonds. The minimum absolute atomic E-state index is 0.00691.